The molecule has 3 aliphatic heterocycles. The molecular weight excluding hydrogens is 2310 g/mol. The summed E-state index contributed by atoms with van der Waals surface area (Å²) in [6.45, 7) is 6.11. The Morgan fingerprint density at radius 2 is 0.862 bits per heavy atom. The Hall–Kier alpha value is -4.17. The molecule has 0 bridgehead atoms. The molecule has 3 aliphatic rings. The monoisotopic (exact) mass is 2390 g/mol. The molecular formula is C71H82BClF3I7N12O12V2-. The number of piperidine rings is 3. The van der Waals surface area contributed by atoms with Crippen LogP contribution < -0.4 is 40.1 Å². The number of carbonyl (C=O) groups is 5. The van der Waals surface area contributed by atoms with E-state index in [2.05, 4.69) is 205 Å². The third kappa shape index (κ3) is 38.2. The molecule has 0 unspecified atom stereocenters. The second-order valence-electron chi connectivity index (χ2n) is 22.3. The van der Waals surface area contributed by atoms with E-state index < -0.39 is 11.6 Å². The van der Waals surface area contributed by atoms with Gasteiger partial charge >= 0.3 is 150 Å². The van der Waals surface area contributed by atoms with Crippen LogP contribution in [0.25, 0.3) is 22.5 Å². The van der Waals surface area contributed by atoms with Crippen molar-refractivity contribution in [3.8, 4) is 45.5 Å². The molecule has 0 saturated carbocycles. The topological polar surface area (TPSA) is 293 Å². The van der Waals surface area contributed by atoms with Crippen LogP contribution in [0.1, 0.15) is 64.0 Å². The van der Waals surface area contributed by atoms with Gasteiger partial charge in [-0.2, -0.15) is 0 Å². The van der Waals surface area contributed by atoms with Crippen LogP contribution in [-0.4, -0.2) is 147 Å². The number of hydrogen-bond donors (Lipinski definition) is 5. The zero-order chi connectivity index (χ0) is 78.0. The van der Waals surface area contributed by atoms with Crippen molar-refractivity contribution in [3.63, 3.8) is 0 Å². The Morgan fingerprint density at radius 3 is 1.22 bits per heavy atom. The van der Waals surface area contributed by atoms with Crippen molar-refractivity contribution in [1.82, 2.24) is 45.0 Å². The van der Waals surface area contributed by atoms with Crippen LogP contribution in [-0.2, 0) is 46.9 Å². The molecule has 3 aromatic heterocycles. The van der Waals surface area contributed by atoms with Gasteiger partial charge in [-0.25, -0.2) is 52.7 Å². The molecule has 589 valence electrons. The third-order valence-corrected chi connectivity index (χ3v) is 15.5. The van der Waals surface area contributed by atoms with Crippen molar-refractivity contribution in [3.05, 3.63) is 194 Å². The average Bonchev–Trinajstić information content (AvgIpc) is 0.830. The third-order valence-electron chi connectivity index (χ3n) is 15.3. The van der Waals surface area contributed by atoms with E-state index in [9.17, 15) is 37.1 Å². The summed E-state index contributed by atoms with van der Waals surface area (Å²) in [5.41, 5.74) is 4.15. The van der Waals surface area contributed by atoms with E-state index in [0.29, 0.717) is 111 Å². The summed E-state index contributed by atoms with van der Waals surface area (Å²) in [7, 11) is 4.82. The predicted molar refractivity (Wildman–Crippen MR) is 472 cm³/mol. The second kappa shape index (κ2) is 56.2. The molecule has 24 nitrogen and oxygen atoms in total. The van der Waals surface area contributed by atoms with Crippen LogP contribution in [0.5, 0.6) is 23.0 Å². The molecule has 3 saturated heterocycles. The maximum atomic E-state index is 13.5. The number of aromatic nitrogens is 6. The number of halogens is 11. The van der Waals surface area contributed by atoms with Gasteiger partial charge in [0.1, 0.15) is 89.5 Å². The minimum absolute atomic E-state index is 0. The van der Waals surface area contributed by atoms with Gasteiger partial charge in [0, 0.05) is 91.5 Å². The normalized spacial score (nSPS) is 13.0. The van der Waals surface area contributed by atoms with Gasteiger partial charge < -0.3 is 71.9 Å². The fourth-order valence-electron chi connectivity index (χ4n) is 10.1. The van der Waals surface area contributed by atoms with Crippen LogP contribution in [0.3, 0.4) is 0 Å². The molecule has 0 spiro atoms. The maximum absolute atomic E-state index is 13.5. The molecule has 8 aromatic rings. The van der Waals surface area contributed by atoms with Gasteiger partial charge in [0.2, 0.25) is 17.7 Å². The average molecular weight is 2390 g/mol. The Bertz CT molecular complexity index is 4030. The number of likely N-dealkylation sites (tertiary alicyclic amines) is 2. The molecule has 3 fully saturated rings. The van der Waals surface area contributed by atoms with Crippen molar-refractivity contribution >= 4 is 209 Å². The standard InChI is InChI=1S/C25H25FN4O4.C18H19ClN4O3.C17H19FN4O2.C7H7BFO3.C2H5I.CH4.CH3.6HI.2V/c1-33-22-13-19(26)7-8-20(22)21-14-23(28-16-27-21)29-24(31)18-9-11-30(12-10-18)25(32)34-15-17-5-3-2-4-6-17;19-15-10-16(21-12-20-15)22-17(24)14-6-8-23(9-7-14)18(25)26-11-13-4-2-1-3-5-13;1-24-15-8-12(18)2-3-13(15)14-9-16(21-10-20-14)22-17(23)11-4-6-19-7-5-11;1-11-7-4-5(9)2-3-6(7)12-8-10;1-2-3;;;;;;;;;;/h2-8,13-14,16,18H,9-12,15H2,1H3,(H,27,28,29,31);1-5,10,12,14H,6-9,11H2,(H,20,21,22,24);2-3,8-11,19H,4-7H2,1H3,(H,20,21,22,23);2-4,10H,1H3;2H2,1H3;1H4;1H3;6*1H;;/q;;;;;;-1;;;;;;;2*+3/p-6. The number of ether oxygens (including phenoxy) is 5. The molecule has 109 heavy (non-hydrogen) atoms. The zero-order valence-corrected chi connectivity index (χ0v) is 77.6. The van der Waals surface area contributed by atoms with E-state index in [1.165, 1.54) is 93.3 Å². The van der Waals surface area contributed by atoms with Gasteiger partial charge in [0.05, 0.1) is 32.7 Å². The first-order valence-corrected chi connectivity index (χ1v) is 61.3. The van der Waals surface area contributed by atoms with Gasteiger partial charge in [0.15, 0.2) is 5.75 Å². The number of carbonyl (C=O) groups excluding carboxylic acids is 5. The number of rotatable bonds is 17. The number of amides is 5. The molecule has 5 aromatic carbocycles. The summed E-state index contributed by atoms with van der Waals surface area (Å²) in [5, 5.41) is 20.2. The van der Waals surface area contributed by atoms with Gasteiger partial charge in [-0.1, -0.05) is 109 Å². The van der Waals surface area contributed by atoms with Crippen molar-refractivity contribution in [1.29, 1.82) is 0 Å². The van der Waals surface area contributed by atoms with E-state index in [4.69, 9.17) is 40.3 Å². The zero-order valence-electron chi connectivity index (χ0n) is 58.9. The van der Waals surface area contributed by atoms with Crippen LogP contribution >= 0.6 is 154 Å². The van der Waals surface area contributed by atoms with Crippen molar-refractivity contribution in [2.75, 3.05) is 81.0 Å². The molecule has 5 amide bonds. The van der Waals surface area contributed by atoms with Gasteiger partial charge in [-0.15, -0.1) is 0 Å². The summed E-state index contributed by atoms with van der Waals surface area (Å²) < 4.78 is 71.2. The molecule has 6 heterocycles. The fraction of sp³-hybridized carbons (Fsp3) is 0.324. The van der Waals surface area contributed by atoms with Crippen molar-refractivity contribution < 1.29 is 80.3 Å². The first kappa shape index (κ1) is 99.0. The fourth-order valence-corrected chi connectivity index (χ4v) is 10.3. The number of alkyl halides is 1. The minimum atomic E-state index is -0.419. The Labute approximate surface area is 728 Å². The molecule has 0 aliphatic carbocycles. The summed E-state index contributed by atoms with van der Waals surface area (Å²) in [6, 6.07) is 35.9. The summed E-state index contributed by atoms with van der Waals surface area (Å²) in [6.07, 6.45) is 7.10. The first-order valence-electron chi connectivity index (χ1n) is 32.4. The number of nitrogens with one attached hydrogen (secondary N) is 4. The van der Waals surface area contributed by atoms with E-state index in [1.807, 2.05) is 60.7 Å². The molecule has 5 N–H and O–H groups in total. The van der Waals surface area contributed by atoms with Gasteiger partial charge in [-0.05, 0) is 104 Å². The summed E-state index contributed by atoms with van der Waals surface area (Å²) in [5.74, 6) is 0.357. The van der Waals surface area contributed by atoms with Crippen molar-refractivity contribution in [2.24, 2.45) is 17.8 Å². The van der Waals surface area contributed by atoms with E-state index in [0.717, 1.165) is 37.1 Å². The number of benzene rings is 5. The summed E-state index contributed by atoms with van der Waals surface area (Å²) in [4.78, 5) is 89.0. The van der Waals surface area contributed by atoms with Crippen LogP contribution in [0, 0.1) is 42.6 Å². The molecule has 38 heteroatoms. The SMILES string of the molecule is C.CCI.COc1cc(F)ccc1-c1cc(NC(=O)C2CCN(C(=O)OCc3ccccc3)CC2)ncn1.COc1cc(F)ccc1-c1cc(NC(=O)C2CCNCC2)ncn1.COc1cc(F)ccc1O[B]O.O=C(Nc1cc(Cl)ncn1)C1CCN(C(=O)OCc2ccccc2)CC1.[CH3-].[I][V]([I])[I].[I][V]([I])[I]. The second-order valence-corrected chi connectivity index (χ2v) is 94.9. The van der Waals surface area contributed by atoms with Crippen molar-refractivity contribution in [2.45, 2.75) is 66.1 Å². The van der Waals surface area contributed by atoms with E-state index in [1.54, 1.807) is 34.1 Å². The van der Waals surface area contributed by atoms with Gasteiger partial charge in [0.25, 0.3) is 0 Å². The van der Waals surface area contributed by atoms with E-state index >= 15 is 0 Å². The first-order chi connectivity index (χ1) is 51.5. The Balaban J connectivity index is 0.000000371. The summed E-state index contributed by atoms with van der Waals surface area (Å²) >= 11 is 22.8. The quantitative estimate of drug-likeness (QED) is 0.0186. The number of nitrogens with zero attached hydrogens (tertiary/aromatic N) is 8. The van der Waals surface area contributed by atoms with Gasteiger partial charge in [-0.3, -0.25) is 14.4 Å². The molecule has 11 rings (SSSR count). The van der Waals surface area contributed by atoms with Crippen LogP contribution in [0.15, 0.2) is 152 Å². The number of hydrogen-bond acceptors (Lipinski definition) is 19. The van der Waals surface area contributed by atoms with Crippen LogP contribution in [0.2, 0.25) is 5.15 Å². The number of methoxy groups -OCH3 is 3. The Morgan fingerprint density at radius 1 is 0.523 bits per heavy atom. The van der Waals surface area contributed by atoms with E-state index in [-0.39, 0.29) is 108 Å². The number of anilines is 3. The Kier molecular flexibility index (Phi) is 51.0. The molecule has 1 radical (unpaired) electrons. The molecule has 0 atom stereocenters. The predicted octanol–water partition coefficient (Wildman–Crippen LogP) is 18.2. The van der Waals surface area contributed by atoms with Crippen LogP contribution in [0.4, 0.5) is 40.2 Å².